The van der Waals surface area contributed by atoms with E-state index in [1.54, 1.807) is 29.6 Å². The van der Waals surface area contributed by atoms with Crippen LogP contribution in [0.3, 0.4) is 0 Å². The summed E-state index contributed by atoms with van der Waals surface area (Å²) in [4.78, 5) is 27.3. The maximum Gasteiger partial charge on any atom is 0.294 e. The summed E-state index contributed by atoms with van der Waals surface area (Å²) in [5.41, 5.74) is 1.02. The molecule has 1 aromatic heterocycles. The molecular weight excluding hydrogens is 492 g/mol. The topological polar surface area (TPSA) is 111 Å². The Morgan fingerprint density at radius 3 is 2.67 bits per heavy atom. The molecule has 180 valence electrons. The molecule has 0 radical (unpaired) electrons. The van der Waals surface area contributed by atoms with Crippen molar-refractivity contribution in [3.63, 3.8) is 0 Å². The van der Waals surface area contributed by atoms with Gasteiger partial charge in [0.25, 0.3) is 11.6 Å². The van der Waals surface area contributed by atoms with Crippen molar-refractivity contribution in [2.75, 3.05) is 11.9 Å². The van der Waals surface area contributed by atoms with Crippen LogP contribution in [0.4, 0.5) is 25.8 Å². The molecule has 12 heteroatoms. The molecule has 5 rings (SSSR count). The number of benzene rings is 3. The number of hydrogen-bond donors (Lipinski definition) is 1. The highest BCUT2D eigenvalue weighted by molar-refractivity contribution is 7.07. The lowest BCUT2D eigenvalue weighted by Crippen LogP contribution is -2.25. The predicted molar refractivity (Wildman–Crippen MR) is 130 cm³/mol. The number of carbonyl (C=O) groups is 1. The second-order valence-electron chi connectivity index (χ2n) is 7.50. The van der Waals surface area contributed by atoms with Gasteiger partial charge < -0.3 is 10.1 Å². The number of aromatic nitrogens is 1. The van der Waals surface area contributed by atoms with E-state index in [0.717, 1.165) is 29.7 Å². The Morgan fingerprint density at radius 2 is 1.89 bits per heavy atom. The van der Waals surface area contributed by atoms with Gasteiger partial charge in [-0.3, -0.25) is 14.9 Å². The molecule has 36 heavy (non-hydrogen) atoms. The van der Waals surface area contributed by atoms with Gasteiger partial charge in [-0.1, -0.05) is 18.2 Å². The van der Waals surface area contributed by atoms with Crippen molar-refractivity contribution in [3.05, 3.63) is 98.2 Å². The van der Waals surface area contributed by atoms with Crippen LogP contribution >= 0.6 is 11.3 Å². The Kier molecular flexibility index (Phi) is 6.09. The average molecular weight is 507 g/mol. The van der Waals surface area contributed by atoms with Crippen molar-refractivity contribution >= 4 is 40.5 Å². The number of nitrogens with one attached hydrogen (secondary N) is 1. The molecule has 0 atom stereocenters. The second kappa shape index (κ2) is 9.50. The number of amides is 1. The van der Waals surface area contributed by atoms with Crippen molar-refractivity contribution in [3.8, 4) is 17.0 Å². The zero-order valence-corrected chi connectivity index (χ0v) is 19.0. The number of hydrogen-bond acceptors (Lipinski definition) is 7. The quantitative estimate of drug-likeness (QED) is 0.237. The highest BCUT2D eigenvalue weighted by Gasteiger charge is 2.19. The molecule has 1 N–H and O–H groups in total. The van der Waals surface area contributed by atoms with Gasteiger partial charge in [-0.15, -0.1) is 11.3 Å². The number of fused-ring (bicyclic) bond motifs is 1. The van der Waals surface area contributed by atoms with E-state index in [4.69, 9.17) is 4.74 Å². The first-order valence-electron chi connectivity index (χ1n) is 10.4. The van der Waals surface area contributed by atoms with E-state index in [0.29, 0.717) is 22.7 Å². The third-order valence-corrected chi connectivity index (χ3v) is 6.01. The maximum absolute atomic E-state index is 14.2. The van der Waals surface area contributed by atoms with Crippen LogP contribution in [0.2, 0.25) is 0 Å². The van der Waals surface area contributed by atoms with Gasteiger partial charge in [-0.2, -0.15) is 5.10 Å². The van der Waals surface area contributed by atoms with Crippen LogP contribution in [-0.2, 0) is 4.79 Å². The van der Waals surface area contributed by atoms with Crippen molar-refractivity contribution in [1.82, 2.24) is 4.68 Å². The molecule has 0 unspecified atom stereocenters. The van der Waals surface area contributed by atoms with Crippen molar-refractivity contribution < 1.29 is 23.2 Å². The van der Waals surface area contributed by atoms with Crippen LogP contribution in [0.25, 0.3) is 11.3 Å². The van der Waals surface area contributed by atoms with Crippen LogP contribution in [0.5, 0.6) is 5.75 Å². The van der Waals surface area contributed by atoms with Gasteiger partial charge in [-0.05, 0) is 36.4 Å². The minimum Gasteiger partial charge on any atom is -0.482 e. The Hall–Kier alpha value is -4.71. The first-order valence-corrected chi connectivity index (χ1v) is 11.3. The summed E-state index contributed by atoms with van der Waals surface area (Å²) in [6, 6.07) is 14.4. The molecule has 0 spiro atoms. The molecule has 1 aliphatic rings. The zero-order chi connectivity index (χ0) is 25.2. The molecular formula is C24H15F2N5O4S. The summed E-state index contributed by atoms with van der Waals surface area (Å²) in [6.07, 6.45) is 1.02. The summed E-state index contributed by atoms with van der Waals surface area (Å²) in [6.45, 7) is -0.0951. The number of rotatable bonds is 5. The Morgan fingerprint density at radius 1 is 1.11 bits per heavy atom. The third-order valence-electron chi connectivity index (χ3n) is 5.19. The lowest BCUT2D eigenvalue weighted by Gasteiger charge is -2.18. The summed E-state index contributed by atoms with van der Waals surface area (Å²) in [5.74, 6) is -1.43. The Labute approximate surface area is 205 Å². The minimum absolute atomic E-state index is 0.0861. The molecule has 1 aliphatic heterocycles. The molecule has 1 amide bonds. The van der Waals surface area contributed by atoms with Crippen LogP contribution in [0.1, 0.15) is 5.56 Å². The number of para-hydroxylation sites is 2. The average Bonchev–Trinajstić information content (AvgIpc) is 3.25. The zero-order valence-electron chi connectivity index (χ0n) is 18.2. The van der Waals surface area contributed by atoms with E-state index in [9.17, 15) is 23.7 Å². The van der Waals surface area contributed by atoms with Gasteiger partial charge in [0.05, 0.1) is 28.1 Å². The van der Waals surface area contributed by atoms with E-state index in [-0.39, 0.29) is 34.3 Å². The molecule has 0 fully saturated rings. The molecule has 0 saturated carbocycles. The first kappa shape index (κ1) is 23.1. The summed E-state index contributed by atoms with van der Waals surface area (Å²) in [5, 5.41) is 20.1. The van der Waals surface area contributed by atoms with Crippen LogP contribution in [0, 0.1) is 21.7 Å². The lowest BCUT2D eigenvalue weighted by molar-refractivity contribution is -0.384. The van der Waals surface area contributed by atoms with Crippen LogP contribution in [0.15, 0.2) is 76.1 Å². The highest BCUT2D eigenvalue weighted by atomic mass is 32.1. The fraction of sp³-hybridized carbons (Fsp3) is 0.0417. The maximum atomic E-state index is 14.2. The number of ether oxygens (including phenoxy) is 1. The van der Waals surface area contributed by atoms with Crippen molar-refractivity contribution in [1.29, 1.82) is 0 Å². The van der Waals surface area contributed by atoms with Crippen LogP contribution in [-0.4, -0.2) is 28.3 Å². The number of nitro groups is 1. The van der Waals surface area contributed by atoms with Crippen molar-refractivity contribution in [2.45, 2.75) is 0 Å². The molecule has 0 saturated heterocycles. The summed E-state index contributed by atoms with van der Waals surface area (Å²) in [7, 11) is 0. The van der Waals surface area contributed by atoms with Gasteiger partial charge in [0, 0.05) is 17.0 Å². The fourth-order valence-electron chi connectivity index (χ4n) is 3.50. The smallest absolute Gasteiger partial charge is 0.294 e. The van der Waals surface area contributed by atoms with Gasteiger partial charge in [0.15, 0.2) is 6.61 Å². The van der Waals surface area contributed by atoms with Crippen molar-refractivity contribution in [2.24, 2.45) is 10.1 Å². The number of halogens is 2. The standard InChI is InChI=1S/C24H15F2N5O4S/c25-16-4-3-5-17(26)15(16)11-27-30-21(14-8-9-22-19(10-14)28-23(32)12-35-22)13-36-24(30)29-18-6-1-2-7-20(18)31(33)34/h1-11,13H,12H2,(H,28,32). The van der Waals surface area contributed by atoms with E-state index in [1.165, 1.54) is 28.9 Å². The lowest BCUT2D eigenvalue weighted by atomic mass is 10.1. The summed E-state index contributed by atoms with van der Waals surface area (Å²) >= 11 is 1.12. The largest absolute Gasteiger partial charge is 0.482 e. The molecule has 9 nitrogen and oxygen atoms in total. The summed E-state index contributed by atoms with van der Waals surface area (Å²) < 4.78 is 35.2. The number of thiazole rings is 1. The fourth-order valence-corrected chi connectivity index (χ4v) is 4.34. The normalized spacial score (nSPS) is 13.4. The van der Waals surface area contributed by atoms with E-state index >= 15 is 0 Å². The Balaban J connectivity index is 1.69. The van der Waals surface area contributed by atoms with Gasteiger partial charge in [0.1, 0.15) is 23.1 Å². The number of anilines is 1. The molecule has 0 aliphatic carbocycles. The number of carbonyl (C=O) groups excluding carboxylic acids is 1. The van der Waals surface area contributed by atoms with Crippen LogP contribution < -0.4 is 14.9 Å². The SMILES string of the molecule is O=C1COc2ccc(-c3csc(=Nc4ccccc4[N+](=O)[O-])n3N=Cc3c(F)cccc3F)cc2N1. The second-order valence-corrected chi connectivity index (χ2v) is 8.34. The minimum atomic E-state index is -0.804. The molecule has 0 bridgehead atoms. The van der Waals surface area contributed by atoms with E-state index in [2.05, 4.69) is 15.4 Å². The highest BCUT2D eigenvalue weighted by Crippen LogP contribution is 2.33. The first-order chi connectivity index (χ1) is 17.4. The van der Waals surface area contributed by atoms with E-state index in [1.807, 2.05) is 0 Å². The van der Waals surface area contributed by atoms with Gasteiger partial charge in [0.2, 0.25) is 4.80 Å². The molecule has 3 aromatic carbocycles. The Bertz CT molecular complexity index is 1590. The number of nitrogens with zero attached hydrogens (tertiary/aromatic N) is 4. The number of nitro benzene ring substituents is 1. The molecule has 4 aromatic rings. The predicted octanol–water partition coefficient (Wildman–Crippen LogP) is 4.85. The van der Waals surface area contributed by atoms with E-state index < -0.39 is 16.6 Å². The molecule has 2 heterocycles. The van der Waals surface area contributed by atoms with Gasteiger partial charge >= 0.3 is 0 Å². The third kappa shape index (κ3) is 4.49. The monoisotopic (exact) mass is 507 g/mol. The van der Waals surface area contributed by atoms with Gasteiger partial charge in [-0.25, -0.2) is 18.4 Å².